The number of nitrogens with zero attached hydrogens (tertiary/aromatic N) is 1. The van der Waals surface area contributed by atoms with Crippen molar-refractivity contribution >= 4 is 23.8 Å². The van der Waals surface area contributed by atoms with Crippen LogP contribution in [0.4, 0.5) is 0 Å². The lowest BCUT2D eigenvalue weighted by Gasteiger charge is -2.35. The maximum Gasteiger partial charge on any atom is 0.334 e. The molecule has 0 aliphatic carbocycles. The number of hydrogen-bond acceptors (Lipinski definition) is 6. The number of ether oxygens (including phenoxy) is 1. The van der Waals surface area contributed by atoms with Crippen molar-refractivity contribution in [3.05, 3.63) is 29.8 Å². The summed E-state index contributed by atoms with van der Waals surface area (Å²) in [7, 11) is 2.12. The summed E-state index contributed by atoms with van der Waals surface area (Å²) in [4.78, 5) is 50.8. The molecule has 194 valence electrons. The van der Waals surface area contributed by atoms with E-state index in [0.717, 1.165) is 44.3 Å². The number of nitrogens with one attached hydrogen (secondary N) is 2. The van der Waals surface area contributed by atoms with Gasteiger partial charge < -0.3 is 25.4 Å². The van der Waals surface area contributed by atoms with Crippen molar-refractivity contribution in [3.63, 3.8) is 0 Å². The topological polar surface area (TPSA) is 125 Å². The summed E-state index contributed by atoms with van der Waals surface area (Å²) >= 11 is 0. The zero-order valence-corrected chi connectivity index (χ0v) is 21.4. The number of amides is 2. The number of carbonyl (C=O) groups excluding carboxylic acids is 3. The van der Waals surface area contributed by atoms with E-state index in [2.05, 4.69) is 35.6 Å². The lowest BCUT2D eigenvalue weighted by atomic mass is 9.74. The van der Waals surface area contributed by atoms with Gasteiger partial charge in [-0.15, -0.1) is 0 Å². The molecule has 1 fully saturated rings. The van der Waals surface area contributed by atoms with Crippen LogP contribution < -0.4 is 15.4 Å². The lowest BCUT2D eigenvalue weighted by Crippen LogP contribution is -2.49. The minimum absolute atomic E-state index is 0.0483. The van der Waals surface area contributed by atoms with Crippen LogP contribution in [0, 0.1) is 5.92 Å². The molecular weight excluding hydrogens is 450 g/mol. The Labute approximate surface area is 207 Å². The van der Waals surface area contributed by atoms with E-state index in [9.17, 15) is 24.3 Å². The molecule has 1 heterocycles. The SMILES string of the molecule is CCC1(c2cccc(OC(=O)[C@H](CC(=O)NC(C(=O)O)C(C)C)NC(C)=O)c2)CCCCN(C)C1. The maximum absolute atomic E-state index is 12.9. The molecule has 1 saturated heterocycles. The number of hydrogen-bond donors (Lipinski definition) is 3. The lowest BCUT2D eigenvalue weighted by molar-refractivity contribution is -0.144. The molecule has 3 atom stereocenters. The summed E-state index contributed by atoms with van der Waals surface area (Å²) in [6, 6.07) is 5.09. The number of likely N-dealkylation sites (N-methyl/N-ethyl adjacent to an activating group) is 1. The second-order valence-corrected chi connectivity index (χ2v) is 9.86. The number of carboxylic acid groups (broad SMARTS) is 1. The molecule has 3 N–H and O–H groups in total. The van der Waals surface area contributed by atoms with Gasteiger partial charge in [-0.25, -0.2) is 9.59 Å². The minimum atomic E-state index is -1.25. The first-order chi connectivity index (χ1) is 16.5. The van der Waals surface area contributed by atoms with E-state index in [-0.39, 0.29) is 11.3 Å². The molecule has 0 bridgehead atoms. The number of carbonyl (C=O) groups is 4. The Morgan fingerprint density at radius 2 is 1.89 bits per heavy atom. The van der Waals surface area contributed by atoms with Gasteiger partial charge >= 0.3 is 11.9 Å². The van der Waals surface area contributed by atoms with Crippen molar-refractivity contribution in [3.8, 4) is 5.75 Å². The van der Waals surface area contributed by atoms with Gasteiger partial charge in [-0.2, -0.15) is 0 Å². The second kappa shape index (κ2) is 12.7. The molecule has 1 aromatic carbocycles. The molecule has 0 saturated carbocycles. The average molecular weight is 490 g/mol. The van der Waals surface area contributed by atoms with Gasteiger partial charge in [0.1, 0.15) is 17.8 Å². The molecular formula is C26H39N3O6. The summed E-state index contributed by atoms with van der Waals surface area (Å²) < 4.78 is 5.59. The highest BCUT2D eigenvalue weighted by atomic mass is 16.5. The number of likely N-dealkylation sites (tertiary alicyclic amines) is 1. The van der Waals surface area contributed by atoms with Crippen LogP contribution in [0.3, 0.4) is 0 Å². The number of carboxylic acids is 1. The number of rotatable bonds is 10. The summed E-state index contributed by atoms with van der Waals surface area (Å²) in [5.41, 5.74) is 1.04. The molecule has 1 aromatic rings. The van der Waals surface area contributed by atoms with Crippen LogP contribution in [-0.4, -0.2) is 66.0 Å². The zero-order chi connectivity index (χ0) is 26.2. The normalized spacial score (nSPS) is 20.4. The van der Waals surface area contributed by atoms with Gasteiger partial charge in [0.2, 0.25) is 11.8 Å². The quantitative estimate of drug-likeness (QED) is 0.341. The Morgan fingerprint density at radius 1 is 1.17 bits per heavy atom. The summed E-state index contributed by atoms with van der Waals surface area (Å²) in [5.74, 6) is -3.13. The molecule has 2 rings (SSSR count). The fourth-order valence-electron chi connectivity index (χ4n) is 4.69. The van der Waals surface area contributed by atoms with Crippen LogP contribution in [0.15, 0.2) is 24.3 Å². The highest BCUT2D eigenvalue weighted by molar-refractivity contribution is 5.91. The third kappa shape index (κ3) is 8.06. The summed E-state index contributed by atoms with van der Waals surface area (Å²) in [5, 5.41) is 14.2. The minimum Gasteiger partial charge on any atom is -0.480 e. The van der Waals surface area contributed by atoms with Gasteiger partial charge in [0.25, 0.3) is 0 Å². The first-order valence-corrected chi connectivity index (χ1v) is 12.3. The molecule has 0 spiro atoms. The fourth-order valence-corrected chi connectivity index (χ4v) is 4.69. The van der Waals surface area contributed by atoms with Crippen LogP contribution in [0.2, 0.25) is 0 Å². The van der Waals surface area contributed by atoms with Crippen LogP contribution in [0.25, 0.3) is 0 Å². The molecule has 35 heavy (non-hydrogen) atoms. The monoisotopic (exact) mass is 489 g/mol. The van der Waals surface area contributed by atoms with Gasteiger partial charge in [0, 0.05) is 18.9 Å². The smallest absolute Gasteiger partial charge is 0.334 e. The third-order valence-corrected chi connectivity index (χ3v) is 6.66. The number of esters is 1. The highest BCUT2D eigenvalue weighted by Gasteiger charge is 2.34. The van der Waals surface area contributed by atoms with E-state index in [0.29, 0.717) is 5.75 Å². The van der Waals surface area contributed by atoms with Gasteiger partial charge in [0.15, 0.2) is 0 Å². The standard InChI is InChI=1S/C26H39N3O6/c1-6-26(12-7-8-13-29(5)16-26)19-10-9-11-20(14-19)35-25(34)21(27-18(4)30)15-22(31)28-23(17(2)3)24(32)33/h9-11,14,17,21,23H,6-8,12-13,15-16H2,1-5H3,(H,27,30)(H,28,31)(H,32,33)/t21-,23?,26?/m0/s1. The van der Waals surface area contributed by atoms with Gasteiger partial charge in [0.05, 0.1) is 6.42 Å². The zero-order valence-electron chi connectivity index (χ0n) is 21.4. The molecule has 0 aromatic heterocycles. The van der Waals surface area contributed by atoms with E-state index >= 15 is 0 Å². The first kappa shape index (κ1) is 28.3. The van der Waals surface area contributed by atoms with Crippen molar-refractivity contribution in [2.75, 3.05) is 20.1 Å². The molecule has 2 unspecified atom stereocenters. The predicted octanol–water partition coefficient (Wildman–Crippen LogP) is 2.48. The Balaban J connectivity index is 2.19. The Kier molecular flexibility index (Phi) is 10.2. The van der Waals surface area contributed by atoms with Crippen LogP contribution >= 0.6 is 0 Å². The Hall–Kier alpha value is -2.94. The summed E-state index contributed by atoms with van der Waals surface area (Å²) in [6.45, 7) is 8.71. The second-order valence-electron chi connectivity index (χ2n) is 9.86. The molecule has 9 nitrogen and oxygen atoms in total. The molecule has 1 aliphatic heterocycles. The molecule has 1 aliphatic rings. The number of aliphatic carboxylic acids is 1. The van der Waals surface area contributed by atoms with E-state index in [1.54, 1.807) is 19.9 Å². The van der Waals surface area contributed by atoms with E-state index < -0.39 is 42.3 Å². The molecule has 2 amide bonds. The molecule has 9 heteroatoms. The van der Waals surface area contributed by atoms with Gasteiger partial charge in [-0.3, -0.25) is 9.59 Å². The maximum atomic E-state index is 12.9. The predicted molar refractivity (Wildman–Crippen MR) is 132 cm³/mol. The third-order valence-electron chi connectivity index (χ3n) is 6.66. The summed E-state index contributed by atoms with van der Waals surface area (Å²) in [6.07, 6.45) is 3.82. The Bertz CT molecular complexity index is 918. The number of benzene rings is 1. The van der Waals surface area contributed by atoms with Gasteiger partial charge in [-0.1, -0.05) is 39.3 Å². The highest BCUT2D eigenvalue weighted by Crippen LogP contribution is 2.37. The molecule has 0 radical (unpaired) electrons. The van der Waals surface area contributed by atoms with E-state index in [1.807, 2.05) is 12.1 Å². The van der Waals surface area contributed by atoms with Crippen molar-refractivity contribution in [1.29, 1.82) is 0 Å². The van der Waals surface area contributed by atoms with Crippen molar-refractivity contribution in [2.45, 2.75) is 77.3 Å². The van der Waals surface area contributed by atoms with Crippen LogP contribution in [-0.2, 0) is 24.6 Å². The van der Waals surface area contributed by atoms with Crippen molar-refractivity contribution in [2.24, 2.45) is 5.92 Å². The largest absolute Gasteiger partial charge is 0.480 e. The van der Waals surface area contributed by atoms with E-state index in [4.69, 9.17) is 4.74 Å². The van der Waals surface area contributed by atoms with Gasteiger partial charge in [-0.05, 0) is 56.5 Å². The van der Waals surface area contributed by atoms with E-state index in [1.165, 1.54) is 6.92 Å². The van der Waals surface area contributed by atoms with Crippen molar-refractivity contribution in [1.82, 2.24) is 15.5 Å². The van der Waals surface area contributed by atoms with Crippen molar-refractivity contribution < 1.29 is 29.0 Å². The average Bonchev–Trinajstić information content (AvgIpc) is 2.98. The van der Waals surface area contributed by atoms with Crippen LogP contribution in [0.1, 0.15) is 65.4 Å². The fraction of sp³-hybridized carbons (Fsp3) is 0.615. The van der Waals surface area contributed by atoms with Crippen LogP contribution in [0.5, 0.6) is 5.75 Å². The first-order valence-electron chi connectivity index (χ1n) is 12.3. The Morgan fingerprint density at radius 3 is 2.49 bits per heavy atom.